The van der Waals surface area contributed by atoms with Crippen molar-refractivity contribution in [1.82, 2.24) is 4.31 Å². The Labute approximate surface area is 126 Å². The van der Waals surface area contributed by atoms with Gasteiger partial charge in [0.15, 0.2) is 0 Å². The molecule has 0 spiro atoms. The fraction of sp³-hybridized carbons (Fsp3) is 0.533. The molecule has 1 aliphatic rings. The molecule has 1 atom stereocenters. The van der Waals surface area contributed by atoms with Gasteiger partial charge in [-0.15, -0.1) is 0 Å². The van der Waals surface area contributed by atoms with Gasteiger partial charge in [0.1, 0.15) is 0 Å². The van der Waals surface area contributed by atoms with Crippen LogP contribution < -0.4 is 0 Å². The summed E-state index contributed by atoms with van der Waals surface area (Å²) in [6.07, 6.45) is 1.34. The van der Waals surface area contributed by atoms with Crippen molar-refractivity contribution in [2.75, 3.05) is 20.2 Å². The zero-order chi connectivity index (χ0) is 15.6. The third-order valence-corrected chi connectivity index (χ3v) is 5.89. The number of piperidine rings is 1. The van der Waals surface area contributed by atoms with Crippen LogP contribution in [0.4, 0.5) is 0 Å². The van der Waals surface area contributed by atoms with E-state index < -0.39 is 10.0 Å². The van der Waals surface area contributed by atoms with Crippen molar-refractivity contribution >= 4 is 16.0 Å². The Bertz CT molecular complexity index is 639. The predicted molar refractivity (Wildman–Crippen MR) is 79.4 cm³/mol. The number of methoxy groups -OCH3 is 1. The number of hydrogen-bond donors (Lipinski definition) is 0. The first kappa shape index (κ1) is 16.0. The van der Waals surface area contributed by atoms with Crippen LogP contribution in [-0.4, -0.2) is 38.9 Å². The average molecular weight is 311 g/mol. The maximum absolute atomic E-state index is 12.8. The number of sulfonamides is 1. The molecule has 0 unspecified atom stereocenters. The van der Waals surface area contributed by atoms with Gasteiger partial charge in [0.2, 0.25) is 10.0 Å². The van der Waals surface area contributed by atoms with E-state index in [9.17, 15) is 13.2 Å². The maximum atomic E-state index is 12.8. The van der Waals surface area contributed by atoms with Gasteiger partial charge in [-0.25, -0.2) is 8.42 Å². The summed E-state index contributed by atoms with van der Waals surface area (Å²) in [4.78, 5) is 12.0. The number of aryl methyl sites for hydroxylation is 2. The number of ether oxygens (including phenoxy) is 1. The zero-order valence-corrected chi connectivity index (χ0v) is 13.4. The fourth-order valence-electron chi connectivity index (χ4n) is 2.64. The van der Waals surface area contributed by atoms with Crippen LogP contribution in [0.25, 0.3) is 0 Å². The summed E-state index contributed by atoms with van der Waals surface area (Å²) < 4.78 is 31.7. The number of hydrogen-bond acceptors (Lipinski definition) is 4. The minimum atomic E-state index is -3.56. The second kappa shape index (κ2) is 6.15. The van der Waals surface area contributed by atoms with Crippen molar-refractivity contribution in [3.63, 3.8) is 0 Å². The SMILES string of the molecule is COC(=O)[C@H]1CCCN(S(=O)(=O)c2cc(C)ccc2C)C1. The average Bonchev–Trinajstić information content (AvgIpc) is 2.49. The van der Waals surface area contributed by atoms with Gasteiger partial charge in [0.25, 0.3) is 0 Å². The second-order valence-electron chi connectivity index (χ2n) is 5.49. The normalized spacial score (nSPS) is 20.2. The van der Waals surface area contributed by atoms with Crippen LogP contribution in [0.5, 0.6) is 0 Å². The Morgan fingerprint density at radius 1 is 1.33 bits per heavy atom. The third kappa shape index (κ3) is 3.27. The van der Waals surface area contributed by atoms with Gasteiger partial charge in [-0.3, -0.25) is 4.79 Å². The fourth-order valence-corrected chi connectivity index (χ4v) is 4.48. The van der Waals surface area contributed by atoms with E-state index in [2.05, 4.69) is 0 Å². The van der Waals surface area contributed by atoms with E-state index in [1.165, 1.54) is 11.4 Å². The number of benzene rings is 1. The smallest absolute Gasteiger partial charge is 0.309 e. The molecule has 1 saturated heterocycles. The lowest BCUT2D eigenvalue weighted by molar-refractivity contribution is -0.146. The van der Waals surface area contributed by atoms with Crippen LogP contribution in [0.2, 0.25) is 0 Å². The van der Waals surface area contributed by atoms with E-state index in [1.54, 1.807) is 13.0 Å². The highest BCUT2D eigenvalue weighted by Gasteiger charge is 2.34. The van der Waals surface area contributed by atoms with Gasteiger partial charge in [-0.2, -0.15) is 4.31 Å². The summed E-state index contributed by atoms with van der Waals surface area (Å²) in [5.41, 5.74) is 1.63. The molecule has 1 aromatic rings. The molecule has 0 radical (unpaired) electrons. The first-order valence-electron chi connectivity index (χ1n) is 7.01. The van der Waals surface area contributed by atoms with Gasteiger partial charge >= 0.3 is 5.97 Å². The molecule has 0 aromatic heterocycles. The molecule has 0 amide bonds. The largest absolute Gasteiger partial charge is 0.469 e. The molecule has 1 heterocycles. The molecule has 5 nitrogen and oxygen atoms in total. The Morgan fingerprint density at radius 2 is 2.05 bits per heavy atom. The first-order chi connectivity index (χ1) is 9.86. The molecule has 0 saturated carbocycles. The minimum Gasteiger partial charge on any atom is -0.469 e. The molecule has 1 aliphatic heterocycles. The van der Waals surface area contributed by atoms with E-state index in [4.69, 9.17) is 4.74 Å². The highest BCUT2D eigenvalue weighted by molar-refractivity contribution is 7.89. The van der Waals surface area contributed by atoms with Gasteiger partial charge in [0, 0.05) is 13.1 Å². The molecular formula is C15H21NO4S. The van der Waals surface area contributed by atoms with Crippen molar-refractivity contribution in [2.45, 2.75) is 31.6 Å². The van der Waals surface area contributed by atoms with E-state index in [0.717, 1.165) is 11.1 Å². The molecule has 21 heavy (non-hydrogen) atoms. The van der Waals surface area contributed by atoms with Gasteiger partial charge in [0.05, 0.1) is 17.9 Å². The predicted octanol–water partition coefficient (Wildman–Crippen LogP) is 1.88. The van der Waals surface area contributed by atoms with Gasteiger partial charge in [-0.05, 0) is 43.9 Å². The number of carbonyl (C=O) groups is 1. The molecule has 1 aromatic carbocycles. The summed E-state index contributed by atoms with van der Waals surface area (Å²) in [7, 11) is -2.23. The second-order valence-corrected chi connectivity index (χ2v) is 7.40. The monoisotopic (exact) mass is 311 g/mol. The highest BCUT2D eigenvalue weighted by atomic mass is 32.2. The zero-order valence-electron chi connectivity index (χ0n) is 12.6. The Hall–Kier alpha value is -1.40. The van der Waals surface area contributed by atoms with Crippen LogP contribution in [0.15, 0.2) is 23.1 Å². The molecule has 116 valence electrons. The lowest BCUT2D eigenvalue weighted by Crippen LogP contribution is -2.42. The number of nitrogens with zero attached hydrogens (tertiary/aromatic N) is 1. The van der Waals surface area contributed by atoms with Crippen LogP contribution in [0.3, 0.4) is 0 Å². The summed E-state index contributed by atoms with van der Waals surface area (Å²) in [6.45, 7) is 4.30. The number of esters is 1. The lowest BCUT2D eigenvalue weighted by Gasteiger charge is -2.31. The van der Waals surface area contributed by atoms with Gasteiger partial charge in [-0.1, -0.05) is 12.1 Å². The molecule has 1 fully saturated rings. The van der Waals surface area contributed by atoms with Crippen molar-refractivity contribution in [2.24, 2.45) is 5.92 Å². The highest BCUT2D eigenvalue weighted by Crippen LogP contribution is 2.26. The van der Waals surface area contributed by atoms with Crippen molar-refractivity contribution < 1.29 is 17.9 Å². The van der Waals surface area contributed by atoms with Crippen LogP contribution in [0, 0.1) is 19.8 Å². The summed E-state index contributed by atoms with van der Waals surface area (Å²) in [5, 5.41) is 0. The molecular weight excluding hydrogens is 290 g/mol. The van der Waals surface area contributed by atoms with E-state index in [-0.39, 0.29) is 18.4 Å². The molecule has 6 heteroatoms. The topological polar surface area (TPSA) is 63.7 Å². The Kier molecular flexibility index (Phi) is 4.68. The molecule has 0 aliphatic carbocycles. The third-order valence-electron chi connectivity index (χ3n) is 3.88. The maximum Gasteiger partial charge on any atom is 0.309 e. The minimum absolute atomic E-state index is 0.197. The van der Waals surface area contributed by atoms with Crippen molar-refractivity contribution in [1.29, 1.82) is 0 Å². The quantitative estimate of drug-likeness (QED) is 0.800. The van der Waals surface area contributed by atoms with Crippen molar-refractivity contribution in [3.8, 4) is 0 Å². The first-order valence-corrected chi connectivity index (χ1v) is 8.45. The van der Waals surface area contributed by atoms with Crippen LogP contribution in [-0.2, 0) is 19.6 Å². The van der Waals surface area contributed by atoms with E-state index >= 15 is 0 Å². The summed E-state index contributed by atoms with van der Waals surface area (Å²) in [5.74, 6) is -0.709. The molecule has 2 rings (SSSR count). The van der Waals surface area contributed by atoms with Gasteiger partial charge < -0.3 is 4.74 Å². The molecule has 0 bridgehead atoms. The lowest BCUT2D eigenvalue weighted by atomic mass is 10.0. The van der Waals surface area contributed by atoms with Crippen LogP contribution >= 0.6 is 0 Å². The van der Waals surface area contributed by atoms with Crippen LogP contribution in [0.1, 0.15) is 24.0 Å². The summed E-state index contributed by atoms with van der Waals surface area (Å²) >= 11 is 0. The number of carbonyl (C=O) groups excluding carboxylic acids is 1. The van der Waals surface area contributed by atoms with E-state index in [1.807, 2.05) is 19.1 Å². The number of rotatable bonds is 3. The summed E-state index contributed by atoms with van der Waals surface area (Å²) in [6, 6.07) is 5.39. The van der Waals surface area contributed by atoms with Crippen molar-refractivity contribution in [3.05, 3.63) is 29.3 Å². The standard InChI is InChI=1S/C15H21NO4S/c1-11-6-7-12(2)14(9-11)21(18,19)16-8-4-5-13(10-16)15(17)20-3/h6-7,9,13H,4-5,8,10H2,1-3H3/t13-/m0/s1. The molecule has 0 N–H and O–H groups in total. The Balaban J connectivity index is 2.31. The van der Waals surface area contributed by atoms with E-state index in [0.29, 0.717) is 24.3 Å². The Morgan fingerprint density at radius 3 is 2.71 bits per heavy atom.